The molecule has 0 bridgehead atoms. The number of carbonyl (C=O) groups is 1. The third-order valence-corrected chi connectivity index (χ3v) is 0.524. The zero-order valence-corrected chi connectivity index (χ0v) is 17.0. The van der Waals surface area contributed by atoms with Crippen molar-refractivity contribution in [3.63, 3.8) is 0 Å². The Kier molecular flexibility index (Phi) is 29.6. The molecule has 0 aliphatic carbocycles. The van der Waals surface area contributed by atoms with Crippen molar-refractivity contribution in [2.75, 3.05) is 13.2 Å². The van der Waals surface area contributed by atoms with Gasteiger partial charge in [0.2, 0.25) is 0 Å². The van der Waals surface area contributed by atoms with Gasteiger partial charge in [0.1, 0.15) is 0 Å². The Hall–Kier alpha value is 1.01. The maximum atomic E-state index is 10.2. The minimum absolute atomic E-state index is 0. The maximum absolute atomic E-state index is 10.2. The number of rotatable bonds is 2. The van der Waals surface area contributed by atoms with Gasteiger partial charge in [-0.3, -0.25) is 18.2 Å². The van der Waals surface area contributed by atoms with E-state index in [0.717, 1.165) is 0 Å². The topological polar surface area (TPSA) is 185 Å². The van der Waals surface area contributed by atoms with Crippen LogP contribution in [-0.2, 0) is 30.3 Å². The summed E-state index contributed by atoms with van der Waals surface area (Å²) >= 11 is 0. The first-order valence-electron chi connectivity index (χ1n) is 4.00. The van der Waals surface area contributed by atoms with E-state index >= 15 is 0 Å². The van der Waals surface area contributed by atoms with Crippen molar-refractivity contribution >= 4 is 27.0 Å². The van der Waals surface area contributed by atoms with Crippen LogP contribution in [0, 0.1) is 0 Å². The second kappa shape index (κ2) is 18.1. The molecule has 4 N–H and O–H groups in total. The summed E-state index contributed by atoms with van der Waals surface area (Å²) < 4.78 is 72.0. The van der Waals surface area contributed by atoms with Gasteiger partial charge in [0.05, 0.1) is 13.2 Å². The summed E-state index contributed by atoms with van der Waals surface area (Å²) in [5, 5.41) is 0. The number of hydrogen-bond donors (Lipinski definition) is 4. The predicted molar refractivity (Wildman–Crippen MR) is 59.2 cm³/mol. The molecule has 0 aliphatic rings. The molecule has 0 spiro atoms. The number of hydrogen-bond acceptors (Lipinski definition) is 7. The summed E-state index contributed by atoms with van der Waals surface area (Å²) in [4.78, 5) is 10.2. The summed E-state index contributed by atoms with van der Waals surface area (Å²) in [5.41, 5.74) is 0. The fourth-order valence-electron chi connectivity index (χ4n) is 0.277. The summed E-state index contributed by atoms with van der Waals surface area (Å²) in [6.07, 6.45) is -0.588. The van der Waals surface area contributed by atoms with Crippen LogP contribution in [0.3, 0.4) is 0 Å². The Labute approximate surface area is 164 Å². The summed E-state index contributed by atoms with van der Waals surface area (Å²) in [7, 11) is -9.33. The molecule has 0 radical (unpaired) electrons. The molecular formula is C5H16Na2O11S2. The van der Waals surface area contributed by atoms with Gasteiger partial charge in [-0.05, 0) is 13.8 Å². The molecule has 0 fully saturated rings. The normalized spacial score (nSPS) is 9.10. The van der Waals surface area contributed by atoms with Crippen LogP contribution in [-0.4, -0.2) is 54.4 Å². The molecule has 0 saturated carbocycles. The van der Waals surface area contributed by atoms with E-state index < -0.39 is 27.0 Å². The van der Waals surface area contributed by atoms with Gasteiger partial charge in [-0.15, -0.1) is 0 Å². The summed E-state index contributed by atoms with van der Waals surface area (Å²) in [6, 6.07) is 0. The molecule has 20 heavy (non-hydrogen) atoms. The van der Waals surface area contributed by atoms with Crippen LogP contribution >= 0.6 is 0 Å². The van der Waals surface area contributed by atoms with Gasteiger partial charge in [0, 0.05) is 0 Å². The Morgan fingerprint density at radius 2 is 1.00 bits per heavy atom. The molecule has 0 unspecified atom stereocenters. The smallest absolute Gasteiger partial charge is 1.00 e. The van der Waals surface area contributed by atoms with E-state index in [1.54, 1.807) is 13.8 Å². The first-order chi connectivity index (χ1) is 7.81. The van der Waals surface area contributed by atoms with Gasteiger partial charge in [-0.25, -0.2) is 4.79 Å². The van der Waals surface area contributed by atoms with E-state index in [2.05, 4.69) is 9.47 Å². The predicted octanol–water partition coefficient (Wildman–Crippen LogP) is -5.89. The van der Waals surface area contributed by atoms with Gasteiger partial charge in [0.15, 0.2) is 0 Å². The molecule has 0 aromatic rings. The molecule has 0 aromatic carbocycles. The monoisotopic (exact) mass is 362 g/mol. The van der Waals surface area contributed by atoms with Crippen molar-refractivity contribution in [2.24, 2.45) is 0 Å². The molecule has 15 heteroatoms. The summed E-state index contributed by atoms with van der Waals surface area (Å²) in [5.74, 6) is 0. The fraction of sp³-hybridized carbons (Fsp3) is 0.800. The SMILES string of the molecule is CCOC(=O)OCC.O=S(=O)(O)O.O=S(=O)(O)O.[H-].[H-].[Na+].[Na+]. The average Bonchev–Trinajstić information content (AvgIpc) is 1.97. The molecule has 0 aliphatic heterocycles. The van der Waals surface area contributed by atoms with E-state index in [1.807, 2.05) is 0 Å². The third-order valence-electron chi connectivity index (χ3n) is 0.524. The van der Waals surface area contributed by atoms with Crippen molar-refractivity contribution in [1.82, 2.24) is 0 Å². The first-order valence-corrected chi connectivity index (χ1v) is 6.79. The Morgan fingerprint density at radius 3 is 1.10 bits per heavy atom. The Bertz CT molecular complexity index is 358. The van der Waals surface area contributed by atoms with Crippen molar-refractivity contribution in [3.8, 4) is 0 Å². The fourth-order valence-corrected chi connectivity index (χ4v) is 0.277. The minimum atomic E-state index is -4.67. The van der Waals surface area contributed by atoms with Crippen molar-refractivity contribution in [3.05, 3.63) is 0 Å². The zero-order valence-electron chi connectivity index (χ0n) is 13.4. The molecule has 116 valence electrons. The van der Waals surface area contributed by atoms with E-state index in [4.69, 9.17) is 35.0 Å². The van der Waals surface area contributed by atoms with E-state index in [9.17, 15) is 4.79 Å². The van der Waals surface area contributed by atoms with Crippen LogP contribution in [0.15, 0.2) is 0 Å². The first kappa shape index (κ1) is 32.8. The third kappa shape index (κ3) is 125. The molecular weight excluding hydrogens is 346 g/mol. The molecule has 0 rings (SSSR count). The van der Waals surface area contributed by atoms with Crippen molar-refractivity contribution in [2.45, 2.75) is 13.8 Å². The van der Waals surface area contributed by atoms with Crippen LogP contribution in [0.25, 0.3) is 0 Å². The van der Waals surface area contributed by atoms with Crippen molar-refractivity contribution < 1.29 is 111 Å². The quantitative estimate of drug-likeness (QED) is 0.208. The minimum Gasteiger partial charge on any atom is -1.00 e. The van der Waals surface area contributed by atoms with Crippen molar-refractivity contribution in [1.29, 1.82) is 0 Å². The standard InChI is InChI=1S/C5H10O3.2Na.2H2O4S.2H/c1-3-7-5(6)8-4-2;;;2*1-5(2,3)4;;/h3-4H2,1-2H3;;;2*(H2,1,2,3,4);;/q;2*+1;;;2*-1. The molecule has 11 nitrogen and oxygen atoms in total. The average molecular weight is 362 g/mol. The van der Waals surface area contributed by atoms with Gasteiger partial charge in [-0.2, -0.15) is 16.8 Å². The van der Waals surface area contributed by atoms with E-state index in [1.165, 1.54) is 0 Å². The number of carbonyl (C=O) groups excluding carboxylic acids is 1. The molecule has 0 heterocycles. The van der Waals surface area contributed by atoms with Gasteiger partial charge in [0.25, 0.3) is 0 Å². The Balaban J connectivity index is -0.0000000291. The van der Waals surface area contributed by atoms with Crippen LogP contribution < -0.4 is 59.1 Å². The Morgan fingerprint density at radius 1 is 0.850 bits per heavy atom. The van der Waals surface area contributed by atoms with Crippen LogP contribution in [0.4, 0.5) is 4.79 Å². The van der Waals surface area contributed by atoms with Crippen LogP contribution in [0.5, 0.6) is 0 Å². The second-order valence-electron chi connectivity index (χ2n) is 2.01. The van der Waals surface area contributed by atoms with Crippen LogP contribution in [0.2, 0.25) is 0 Å². The number of ether oxygens (including phenoxy) is 2. The molecule has 0 amide bonds. The van der Waals surface area contributed by atoms with E-state index in [-0.39, 0.29) is 62.0 Å². The van der Waals surface area contributed by atoms with E-state index in [0.29, 0.717) is 13.2 Å². The second-order valence-corrected chi connectivity index (χ2v) is 3.80. The van der Waals surface area contributed by atoms with Gasteiger partial charge >= 0.3 is 86.1 Å². The molecule has 0 saturated heterocycles. The zero-order chi connectivity index (χ0) is 15.4. The molecule has 0 aromatic heterocycles. The largest absolute Gasteiger partial charge is 1.00 e. The molecule has 0 atom stereocenters. The maximum Gasteiger partial charge on any atom is 1.00 e. The van der Waals surface area contributed by atoms with Gasteiger partial charge < -0.3 is 12.3 Å². The van der Waals surface area contributed by atoms with Gasteiger partial charge in [-0.1, -0.05) is 0 Å². The van der Waals surface area contributed by atoms with Crippen LogP contribution in [0.1, 0.15) is 16.7 Å². The summed E-state index contributed by atoms with van der Waals surface area (Å²) in [6.45, 7) is 4.21.